The number of nitrogens with zero attached hydrogens (tertiary/aromatic N) is 3. The van der Waals surface area contributed by atoms with Crippen molar-refractivity contribution in [1.82, 2.24) is 9.97 Å². The lowest BCUT2D eigenvalue weighted by Crippen LogP contribution is -1.88. The summed E-state index contributed by atoms with van der Waals surface area (Å²) in [6.45, 7) is 2.04. The molecule has 5 aromatic rings. The van der Waals surface area contributed by atoms with Crippen LogP contribution < -0.4 is 0 Å². The van der Waals surface area contributed by atoms with Gasteiger partial charge >= 0.3 is 0 Å². The first-order valence-electron chi connectivity index (χ1n) is 10.4. The van der Waals surface area contributed by atoms with Gasteiger partial charge in [-0.05, 0) is 42.3 Å². The van der Waals surface area contributed by atoms with Crippen LogP contribution in [0.5, 0.6) is 0 Å². The van der Waals surface area contributed by atoms with Crippen molar-refractivity contribution in [2.45, 2.75) is 6.92 Å². The Morgan fingerprint density at radius 3 is 2.39 bits per heavy atom. The Hall–Kier alpha value is -3.78. The van der Waals surface area contributed by atoms with Crippen LogP contribution >= 0.6 is 22.9 Å². The maximum Gasteiger partial charge on any atom is 0.137 e. The van der Waals surface area contributed by atoms with Gasteiger partial charge in [-0.3, -0.25) is 0 Å². The molecule has 0 bridgehead atoms. The van der Waals surface area contributed by atoms with E-state index in [1.54, 1.807) is 6.08 Å². The van der Waals surface area contributed by atoms with Gasteiger partial charge in [0.15, 0.2) is 0 Å². The second kappa shape index (κ2) is 8.99. The summed E-state index contributed by atoms with van der Waals surface area (Å²) < 4.78 is 0. The standard InChI is InChI=1S/C28H18ClN3S/c1-18-7-12-25-22(13-18)14-23(27(29)31-25)15-24(16-30)28-32-26(17-33-28)21-10-8-20(9-11-21)19-5-3-2-4-6-19/h2-15,17H,1H3/b24-15+. The van der Waals surface area contributed by atoms with Crippen LogP contribution in [0.3, 0.4) is 0 Å². The van der Waals surface area contributed by atoms with Crippen LogP contribution in [0.4, 0.5) is 0 Å². The Labute approximate surface area is 201 Å². The summed E-state index contributed by atoms with van der Waals surface area (Å²) in [5.41, 5.74) is 7.32. The molecule has 0 unspecified atom stereocenters. The van der Waals surface area contributed by atoms with E-state index < -0.39 is 0 Å². The number of hydrogen-bond acceptors (Lipinski definition) is 4. The monoisotopic (exact) mass is 463 g/mol. The fraction of sp³-hybridized carbons (Fsp3) is 0.0357. The molecule has 5 heteroatoms. The number of aryl methyl sites for hydroxylation is 1. The molecule has 0 aliphatic rings. The molecule has 0 spiro atoms. The summed E-state index contributed by atoms with van der Waals surface area (Å²) >= 11 is 7.86. The largest absolute Gasteiger partial charge is 0.235 e. The second-order valence-electron chi connectivity index (χ2n) is 7.72. The van der Waals surface area contributed by atoms with Crippen LogP contribution in [-0.2, 0) is 0 Å². The normalized spacial score (nSPS) is 11.5. The molecule has 0 amide bonds. The fourth-order valence-electron chi connectivity index (χ4n) is 3.68. The van der Waals surface area contributed by atoms with Crippen molar-refractivity contribution in [3.63, 3.8) is 0 Å². The summed E-state index contributed by atoms with van der Waals surface area (Å²) in [7, 11) is 0. The number of halogens is 1. The third-order valence-electron chi connectivity index (χ3n) is 5.39. The number of pyridine rings is 1. The minimum atomic E-state index is 0.368. The Balaban J connectivity index is 1.46. The number of rotatable bonds is 4. The number of allylic oxidation sites excluding steroid dienone is 1. The van der Waals surface area contributed by atoms with E-state index in [1.807, 2.05) is 48.7 Å². The van der Waals surface area contributed by atoms with Gasteiger partial charge in [-0.15, -0.1) is 11.3 Å². The molecule has 0 radical (unpaired) electrons. The molecule has 0 aliphatic heterocycles. The van der Waals surface area contributed by atoms with Crippen molar-refractivity contribution in [2.75, 3.05) is 0 Å². The number of nitriles is 1. The van der Waals surface area contributed by atoms with Gasteiger partial charge in [-0.25, -0.2) is 9.97 Å². The highest BCUT2D eigenvalue weighted by Gasteiger charge is 2.12. The van der Waals surface area contributed by atoms with Crippen LogP contribution in [0.25, 0.3) is 44.9 Å². The average Bonchev–Trinajstić information content (AvgIpc) is 3.34. The van der Waals surface area contributed by atoms with Crippen molar-refractivity contribution in [2.24, 2.45) is 0 Å². The number of hydrogen-bond donors (Lipinski definition) is 0. The predicted molar refractivity (Wildman–Crippen MR) is 138 cm³/mol. The summed E-state index contributed by atoms with van der Waals surface area (Å²) in [5.74, 6) is 0. The van der Waals surface area contributed by atoms with Crippen molar-refractivity contribution in [3.8, 4) is 28.5 Å². The summed E-state index contributed by atoms with van der Waals surface area (Å²) in [6.07, 6.45) is 1.76. The molecule has 2 aromatic heterocycles. The second-order valence-corrected chi connectivity index (χ2v) is 8.93. The van der Waals surface area contributed by atoms with E-state index in [0.29, 0.717) is 21.3 Å². The van der Waals surface area contributed by atoms with Crippen LogP contribution in [0, 0.1) is 18.3 Å². The van der Waals surface area contributed by atoms with E-state index in [9.17, 15) is 5.26 Å². The minimum Gasteiger partial charge on any atom is -0.235 e. The molecule has 0 N–H and O–H groups in total. The van der Waals surface area contributed by atoms with Gasteiger partial charge in [0.1, 0.15) is 16.2 Å². The van der Waals surface area contributed by atoms with Gasteiger partial charge in [0.05, 0.1) is 16.8 Å². The van der Waals surface area contributed by atoms with E-state index in [0.717, 1.165) is 33.3 Å². The molecule has 158 valence electrons. The van der Waals surface area contributed by atoms with Crippen molar-refractivity contribution < 1.29 is 0 Å². The zero-order valence-electron chi connectivity index (χ0n) is 17.8. The highest BCUT2D eigenvalue weighted by Crippen LogP contribution is 2.30. The third kappa shape index (κ3) is 4.42. The van der Waals surface area contributed by atoms with Gasteiger partial charge in [-0.2, -0.15) is 5.26 Å². The lowest BCUT2D eigenvalue weighted by atomic mass is 10.0. The van der Waals surface area contributed by atoms with Gasteiger partial charge in [0.25, 0.3) is 0 Å². The third-order valence-corrected chi connectivity index (χ3v) is 6.57. The number of fused-ring (bicyclic) bond motifs is 1. The molecule has 3 nitrogen and oxygen atoms in total. The topological polar surface area (TPSA) is 49.6 Å². The van der Waals surface area contributed by atoms with Crippen LogP contribution in [0.1, 0.15) is 16.1 Å². The van der Waals surface area contributed by atoms with E-state index in [4.69, 9.17) is 16.6 Å². The van der Waals surface area contributed by atoms with E-state index >= 15 is 0 Å². The van der Waals surface area contributed by atoms with Crippen LogP contribution in [-0.4, -0.2) is 9.97 Å². The number of benzene rings is 3. The van der Waals surface area contributed by atoms with E-state index in [-0.39, 0.29) is 0 Å². The smallest absolute Gasteiger partial charge is 0.137 e. The highest BCUT2D eigenvalue weighted by molar-refractivity contribution is 7.11. The molecule has 3 aromatic carbocycles. The summed E-state index contributed by atoms with van der Waals surface area (Å²) in [4.78, 5) is 9.20. The number of thiazole rings is 1. The van der Waals surface area contributed by atoms with Gasteiger partial charge in [0, 0.05) is 21.9 Å². The van der Waals surface area contributed by atoms with Crippen molar-refractivity contribution in [3.05, 3.63) is 106 Å². The van der Waals surface area contributed by atoms with Gasteiger partial charge in [-0.1, -0.05) is 77.8 Å². The first-order valence-corrected chi connectivity index (χ1v) is 11.7. The molecular formula is C28H18ClN3S. The van der Waals surface area contributed by atoms with Crippen LogP contribution in [0.15, 0.2) is 84.2 Å². The predicted octanol–water partition coefficient (Wildman–Crippen LogP) is 8.05. The molecular weight excluding hydrogens is 446 g/mol. The Morgan fingerprint density at radius 2 is 1.64 bits per heavy atom. The Bertz CT molecular complexity index is 1530. The summed E-state index contributed by atoms with van der Waals surface area (Å²) in [6, 6.07) is 28.8. The fourth-order valence-corrected chi connectivity index (χ4v) is 4.68. The minimum absolute atomic E-state index is 0.368. The summed E-state index contributed by atoms with van der Waals surface area (Å²) in [5, 5.41) is 13.8. The van der Waals surface area contributed by atoms with E-state index in [1.165, 1.54) is 16.9 Å². The lowest BCUT2D eigenvalue weighted by Gasteiger charge is -2.04. The van der Waals surface area contributed by atoms with Crippen LogP contribution in [0.2, 0.25) is 5.15 Å². The Morgan fingerprint density at radius 1 is 0.909 bits per heavy atom. The molecule has 5 rings (SSSR count). The first-order chi connectivity index (χ1) is 16.1. The molecule has 2 heterocycles. The maximum atomic E-state index is 9.82. The highest BCUT2D eigenvalue weighted by atomic mass is 35.5. The Kier molecular flexibility index (Phi) is 5.75. The zero-order chi connectivity index (χ0) is 22.8. The molecule has 0 saturated carbocycles. The van der Waals surface area contributed by atoms with E-state index in [2.05, 4.69) is 53.5 Å². The van der Waals surface area contributed by atoms with Gasteiger partial charge < -0.3 is 0 Å². The quantitative estimate of drug-likeness (QED) is 0.200. The molecule has 0 aliphatic carbocycles. The zero-order valence-corrected chi connectivity index (χ0v) is 19.4. The maximum absolute atomic E-state index is 9.82. The van der Waals surface area contributed by atoms with Crippen molar-refractivity contribution >= 4 is 45.5 Å². The molecule has 0 atom stereocenters. The molecule has 33 heavy (non-hydrogen) atoms. The average molecular weight is 464 g/mol. The molecule has 0 saturated heterocycles. The van der Waals surface area contributed by atoms with Crippen molar-refractivity contribution in [1.29, 1.82) is 5.26 Å². The number of aromatic nitrogens is 2. The van der Waals surface area contributed by atoms with Gasteiger partial charge in [0.2, 0.25) is 0 Å². The molecule has 0 fully saturated rings. The lowest BCUT2D eigenvalue weighted by molar-refractivity contribution is 1.36. The first kappa shape index (κ1) is 21.1. The SMILES string of the molecule is Cc1ccc2nc(Cl)c(/C=C(\C#N)c3nc(-c4ccc(-c5ccccc5)cc4)cs3)cc2c1.